The third-order valence-electron chi connectivity index (χ3n) is 4.01. The summed E-state index contributed by atoms with van der Waals surface area (Å²) < 4.78 is 0. The number of piperidine rings is 1. The maximum absolute atomic E-state index is 10.1. The van der Waals surface area contributed by atoms with E-state index in [0.717, 1.165) is 32.2 Å². The minimum atomic E-state index is -0.798. The molecule has 0 unspecified atom stereocenters. The molecule has 0 aromatic heterocycles. The topological polar surface area (TPSA) is 63.9 Å². The summed E-state index contributed by atoms with van der Waals surface area (Å²) in [5.41, 5.74) is -0.577. The molecule has 0 aromatic carbocycles. The summed E-state index contributed by atoms with van der Waals surface area (Å²) in [5, 5.41) is 30.0. The van der Waals surface area contributed by atoms with Crippen LogP contribution in [-0.4, -0.2) is 57.2 Å². The molecular formula is C11H21NO3. The van der Waals surface area contributed by atoms with E-state index in [4.69, 9.17) is 0 Å². The molecular weight excluding hydrogens is 194 g/mol. The van der Waals surface area contributed by atoms with Crippen molar-refractivity contribution in [3.8, 4) is 0 Å². The first-order valence-corrected chi connectivity index (χ1v) is 5.92. The van der Waals surface area contributed by atoms with Crippen LogP contribution in [-0.2, 0) is 0 Å². The first-order chi connectivity index (χ1) is 7.13. The summed E-state index contributed by atoms with van der Waals surface area (Å²) in [7, 11) is 0. The molecule has 3 N–H and O–H groups in total. The second kappa shape index (κ2) is 4.01. The number of aliphatic hydroxyl groups is 3. The van der Waals surface area contributed by atoms with Crippen LogP contribution in [0.4, 0.5) is 0 Å². The fraction of sp³-hybridized carbons (Fsp3) is 1.00. The van der Waals surface area contributed by atoms with Gasteiger partial charge in [-0.15, -0.1) is 0 Å². The predicted molar refractivity (Wildman–Crippen MR) is 56.5 cm³/mol. The van der Waals surface area contributed by atoms with E-state index in [-0.39, 0.29) is 0 Å². The van der Waals surface area contributed by atoms with Crippen LogP contribution in [0.5, 0.6) is 0 Å². The van der Waals surface area contributed by atoms with Crippen molar-refractivity contribution in [2.45, 2.75) is 56.5 Å². The average molecular weight is 215 g/mol. The number of hydrogen-bond donors (Lipinski definition) is 3. The standard InChI is InChI=1S/C11H21NO3/c1-2-5-11-9(14)4-3-6-12(11)7-8(13)10(11)15/h8-10,13-15H,2-7H2,1H3/t8-,9-,10-,11-/m1/s1. The molecule has 2 aliphatic heterocycles. The fourth-order valence-corrected chi connectivity index (χ4v) is 3.32. The van der Waals surface area contributed by atoms with Gasteiger partial charge in [-0.05, 0) is 25.8 Å². The minimum absolute atomic E-state index is 0.498. The number of fused-ring (bicyclic) bond motifs is 1. The highest BCUT2D eigenvalue weighted by Crippen LogP contribution is 2.41. The summed E-state index contributed by atoms with van der Waals surface area (Å²) in [5.74, 6) is 0. The van der Waals surface area contributed by atoms with Crippen LogP contribution in [0.2, 0.25) is 0 Å². The summed E-state index contributed by atoms with van der Waals surface area (Å²) >= 11 is 0. The summed E-state index contributed by atoms with van der Waals surface area (Å²) in [4.78, 5) is 2.08. The van der Waals surface area contributed by atoms with E-state index in [1.807, 2.05) is 6.92 Å². The van der Waals surface area contributed by atoms with E-state index in [2.05, 4.69) is 4.90 Å². The monoisotopic (exact) mass is 215 g/mol. The van der Waals surface area contributed by atoms with Crippen LogP contribution < -0.4 is 0 Å². The molecule has 0 aliphatic carbocycles. The lowest BCUT2D eigenvalue weighted by Gasteiger charge is -2.47. The van der Waals surface area contributed by atoms with E-state index >= 15 is 0 Å². The van der Waals surface area contributed by atoms with Gasteiger partial charge in [0, 0.05) is 6.54 Å². The van der Waals surface area contributed by atoms with Crippen molar-refractivity contribution in [1.82, 2.24) is 4.90 Å². The normalized spacial score (nSPS) is 46.8. The molecule has 2 aliphatic rings. The van der Waals surface area contributed by atoms with Crippen molar-refractivity contribution in [2.75, 3.05) is 13.1 Å². The highest BCUT2D eigenvalue weighted by Gasteiger charge is 2.57. The highest BCUT2D eigenvalue weighted by molar-refractivity contribution is 5.12. The third-order valence-corrected chi connectivity index (χ3v) is 4.01. The van der Waals surface area contributed by atoms with Crippen molar-refractivity contribution in [3.63, 3.8) is 0 Å². The van der Waals surface area contributed by atoms with Gasteiger partial charge in [-0.25, -0.2) is 0 Å². The van der Waals surface area contributed by atoms with Crippen LogP contribution in [0.1, 0.15) is 32.6 Å². The first-order valence-electron chi connectivity index (χ1n) is 5.92. The van der Waals surface area contributed by atoms with Crippen LogP contribution >= 0.6 is 0 Å². The molecule has 0 amide bonds. The second-order valence-electron chi connectivity index (χ2n) is 4.86. The molecule has 0 bridgehead atoms. The smallest absolute Gasteiger partial charge is 0.102 e. The Morgan fingerprint density at radius 1 is 1.33 bits per heavy atom. The molecule has 4 atom stereocenters. The Balaban J connectivity index is 2.29. The van der Waals surface area contributed by atoms with E-state index in [1.54, 1.807) is 0 Å². The number of rotatable bonds is 2. The van der Waals surface area contributed by atoms with Crippen LogP contribution in [0.15, 0.2) is 0 Å². The minimum Gasteiger partial charge on any atom is -0.391 e. The van der Waals surface area contributed by atoms with E-state index in [1.165, 1.54) is 0 Å². The Bertz CT molecular complexity index is 236. The van der Waals surface area contributed by atoms with Crippen molar-refractivity contribution in [1.29, 1.82) is 0 Å². The molecule has 0 spiro atoms. The zero-order valence-electron chi connectivity index (χ0n) is 9.26. The Morgan fingerprint density at radius 2 is 2.07 bits per heavy atom. The van der Waals surface area contributed by atoms with Gasteiger partial charge >= 0.3 is 0 Å². The van der Waals surface area contributed by atoms with E-state index < -0.39 is 23.9 Å². The van der Waals surface area contributed by atoms with Gasteiger partial charge < -0.3 is 15.3 Å². The lowest BCUT2D eigenvalue weighted by atomic mass is 9.78. The van der Waals surface area contributed by atoms with Crippen molar-refractivity contribution < 1.29 is 15.3 Å². The molecule has 15 heavy (non-hydrogen) atoms. The van der Waals surface area contributed by atoms with E-state index in [0.29, 0.717) is 6.54 Å². The van der Waals surface area contributed by atoms with E-state index in [9.17, 15) is 15.3 Å². The van der Waals surface area contributed by atoms with Gasteiger partial charge in [-0.3, -0.25) is 4.90 Å². The molecule has 0 aromatic rings. The molecule has 2 fully saturated rings. The largest absolute Gasteiger partial charge is 0.391 e. The summed E-state index contributed by atoms with van der Waals surface area (Å²) in [6, 6.07) is 0. The van der Waals surface area contributed by atoms with Gasteiger partial charge in [-0.2, -0.15) is 0 Å². The number of nitrogens with zero attached hydrogens (tertiary/aromatic N) is 1. The Kier molecular flexibility index (Phi) is 3.03. The van der Waals surface area contributed by atoms with Gasteiger partial charge in [0.25, 0.3) is 0 Å². The zero-order valence-corrected chi connectivity index (χ0v) is 9.26. The number of hydrogen-bond acceptors (Lipinski definition) is 4. The van der Waals surface area contributed by atoms with Gasteiger partial charge in [0.1, 0.15) is 6.10 Å². The Morgan fingerprint density at radius 3 is 2.73 bits per heavy atom. The first kappa shape index (κ1) is 11.3. The number of β-amino-alcohol motifs (C(OH)–C–C–N with tert-alkyl or cyclic N) is 1. The Labute approximate surface area is 90.5 Å². The molecule has 2 saturated heterocycles. The summed E-state index contributed by atoms with van der Waals surface area (Å²) in [6.07, 6.45) is 1.35. The lowest BCUT2D eigenvalue weighted by Crippen LogP contribution is -2.61. The molecule has 0 radical (unpaired) electrons. The Hall–Kier alpha value is -0.160. The maximum atomic E-state index is 10.1. The SMILES string of the molecule is CCC[C@]12[C@H](O)CCCN1C[C@@H](O)[C@H]2O. The molecule has 4 heteroatoms. The van der Waals surface area contributed by atoms with Gasteiger partial charge in [-0.1, -0.05) is 13.3 Å². The highest BCUT2D eigenvalue weighted by atomic mass is 16.3. The van der Waals surface area contributed by atoms with Gasteiger partial charge in [0.15, 0.2) is 0 Å². The average Bonchev–Trinajstić information content (AvgIpc) is 2.44. The third kappa shape index (κ3) is 1.51. The molecule has 4 nitrogen and oxygen atoms in total. The second-order valence-corrected chi connectivity index (χ2v) is 4.86. The predicted octanol–water partition coefficient (Wildman–Crippen LogP) is -0.283. The number of aliphatic hydroxyl groups excluding tert-OH is 3. The van der Waals surface area contributed by atoms with Crippen molar-refractivity contribution >= 4 is 0 Å². The summed E-state index contributed by atoms with van der Waals surface area (Å²) in [6.45, 7) is 3.43. The van der Waals surface area contributed by atoms with Crippen LogP contribution in [0.3, 0.4) is 0 Å². The quantitative estimate of drug-likeness (QED) is 0.593. The lowest BCUT2D eigenvalue weighted by molar-refractivity contribution is -0.104. The molecule has 0 saturated carbocycles. The van der Waals surface area contributed by atoms with Crippen LogP contribution in [0, 0.1) is 0 Å². The molecule has 88 valence electrons. The molecule has 2 heterocycles. The van der Waals surface area contributed by atoms with Crippen LogP contribution in [0.25, 0.3) is 0 Å². The van der Waals surface area contributed by atoms with Gasteiger partial charge in [0.2, 0.25) is 0 Å². The van der Waals surface area contributed by atoms with Crippen molar-refractivity contribution in [3.05, 3.63) is 0 Å². The van der Waals surface area contributed by atoms with Crippen molar-refractivity contribution in [2.24, 2.45) is 0 Å². The molecule has 2 rings (SSSR count). The fourth-order valence-electron chi connectivity index (χ4n) is 3.32. The maximum Gasteiger partial charge on any atom is 0.102 e. The zero-order chi connectivity index (χ0) is 11.1. The van der Waals surface area contributed by atoms with Gasteiger partial charge in [0.05, 0.1) is 17.7 Å².